The maximum Gasteiger partial charge on any atom is 0.261 e. The lowest BCUT2D eigenvalue weighted by Crippen LogP contribution is -2.33. The third-order valence-electron chi connectivity index (χ3n) is 5.74. The molecule has 1 amide bonds. The van der Waals surface area contributed by atoms with Gasteiger partial charge >= 0.3 is 0 Å². The molecule has 0 bridgehead atoms. The number of anilines is 1. The standard InChI is InChI=1S/C26H28N2O5S/c1-18-6-4-8-21(14-18)27-34(30,31)24-9-5-7-19(16-24)26(29)28(22-10-11-22)17-20-15-23(32-2)12-13-25(20)33-3/h4-9,12-16,22,27H,10-11,17H2,1-3H3. The number of hydrogen-bond acceptors (Lipinski definition) is 5. The number of nitrogens with zero attached hydrogens (tertiary/aromatic N) is 1. The van der Waals surface area contributed by atoms with Crippen molar-refractivity contribution in [2.24, 2.45) is 0 Å². The largest absolute Gasteiger partial charge is 0.497 e. The van der Waals surface area contributed by atoms with Crippen LogP contribution in [-0.4, -0.2) is 39.5 Å². The average molecular weight is 481 g/mol. The molecule has 0 spiro atoms. The first-order valence-corrected chi connectivity index (χ1v) is 12.5. The average Bonchev–Trinajstić information content (AvgIpc) is 3.67. The van der Waals surface area contributed by atoms with Gasteiger partial charge in [-0.25, -0.2) is 8.42 Å². The van der Waals surface area contributed by atoms with Crippen molar-refractivity contribution < 1.29 is 22.7 Å². The van der Waals surface area contributed by atoms with Crippen LogP contribution in [0.25, 0.3) is 0 Å². The SMILES string of the molecule is COc1ccc(OC)c(CN(C(=O)c2cccc(S(=O)(=O)Nc3cccc(C)c3)c2)C2CC2)c1. The van der Waals surface area contributed by atoms with Crippen molar-refractivity contribution in [1.82, 2.24) is 4.90 Å². The first kappa shape index (κ1) is 23.6. The van der Waals surface area contributed by atoms with Gasteiger partial charge in [0.15, 0.2) is 0 Å². The Bertz CT molecular complexity index is 1300. The summed E-state index contributed by atoms with van der Waals surface area (Å²) in [5.74, 6) is 1.12. The number of amides is 1. The highest BCUT2D eigenvalue weighted by atomic mass is 32.2. The first-order valence-electron chi connectivity index (χ1n) is 11.0. The topological polar surface area (TPSA) is 84.9 Å². The highest BCUT2D eigenvalue weighted by molar-refractivity contribution is 7.92. The summed E-state index contributed by atoms with van der Waals surface area (Å²) < 4.78 is 39.4. The van der Waals surface area contributed by atoms with Gasteiger partial charge in [-0.15, -0.1) is 0 Å². The van der Waals surface area contributed by atoms with Crippen molar-refractivity contribution in [3.05, 3.63) is 83.4 Å². The number of carbonyl (C=O) groups excluding carboxylic acids is 1. The molecule has 178 valence electrons. The van der Waals surface area contributed by atoms with E-state index in [0.717, 1.165) is 24.0 Å². The third-order valence-corrected chi connectivity index (χ3v) is 7.12. The zero-order valence-electron chi connectivity index (χ0n) is 19.4. The lowest BCUT2D eigenvalue weighted by molar-refractivity contribution is 0.0728. The normalized spacial score (nSPS) is 13.3. The predicted molar refractivity (Wildman–Crippen MR) is 131 cm³/mol. The number of nitrogens with one attached hydrogen (secondary N) is 1. The van der Waals surface area contributed by atoms with Crippen molar-refractivity contribution in [1.29, 1.82) is 0 Å². The summed E-state index contributed by atoms with van der Waals surface area (Å²) in [6.45, 7) is 2.23. The molecule has 0 heterocycles. The third kappa shape index (κ3) is 5.34. The second-order valence-electron chi connectivity index (χ2n) is 8.34. The van der Waals surface area contributed by atoms with E-state index in [0.29, 0.717) is 29.3 Å². The lowest BCUT2D eigenvalue weighted by atomic mass is 10.1. The van der Waals surface area contributed by atoms with E-state index in [1.807, 2.05) is 25.1 Å². The van der Waals surface area contributed by atoms with Gasteiger partial charge in [-0.2, -0.15) is 0 Å². The molecular weight excluding hydrogens is 452 g/mol. The zero-order valence-corrected chi connectivity index (χ0v) is 20.3. The number of hydrogen-bond donors (Lipinski definition) is 1. The van der Waals surface area contributed by atoms with Crippen LogP contribution < -0.4 is 14.2 Å². The molecule has 4 rings (SSSR count). The van der Waals surface area contributed by atoms with Crippen LogP contribution in [0.5, 0.6) is 11.5 Å². The van der Waals surface area contributed by atoms with Gasteiger partial charge in [-0.3, -0.25) is 9.52 Å². The van der Waals surface area contributed by atoms with Crippen molar-refractivity contribution in [2.45, 2.75) is 37.2 Å². The van der Waals surface area contributed by atoms with Crippen LogP contribution in [0.2, 0.25) is 0 Å². The molecule has 1 aliphatic rings. The second kappa shape index (κ2) is 9.77. The minimum Gasteiger partial charge on any atom is -0.497 e. The zero-order chi connectivity index (χ0) is 24.3. The molecular formula is C26H28N2O5S. The van der Waals surface area contributed by atoms with Gasteiger partial charge in [0.1, 0.15) is 11.5 Å². The van der Waals surface area contributed by atoms with Crippen LogP contribution in [0, 0.1) is 6.92 Å². The van der Waals surface area contributed by atoms with Gasteiger partial charge in [-0.05, 0) is 73.9 Å². The maximum absolute atomic E-state index is 13.5. The van der Waals surface area contributed by atoms with E-state index in [-0.39, 0.29) is 16.8 Å². The van der Waals surface area contributed by atoms with Crippen molar-refractivity contribution in [2.75, 3.05) is 18.9 Å². The molecule has 3 aromatic rings. The Morgan fingerprint density at radius 3 is 2.44 bits per heavy atom. The number of carbonyl (C=O) groups is 1. The van der Waals surface area contributed by atoms with Crippen LogP contribution in [-0.2, 0) is 16.6 Å². The highest BCUT2D eigenvalue weighted by Crippen LogP contribution is 2.33. The molecule has 0 saturated heterocycles. The van der Waals surface area contributed by atoms with Crippen molar-refractivity contribution in [3.8, 4) is 11.5 Å². The van der Waals surface area contributed by atoms with Crippen molar-refractivity contribution >= 4 is 21.6 Å². The maximum atomic E-state index is 13.5. The van der Waals surface area contributed by atoms with Gasteiger partial charge in [0.25, 0.3) is 15.9 Å². The number of ether oxygens (including phenoxy) is 2. The molecule has 8 heteroatoms. The molecule has 1 saturated carbocycles. The lowest BCUT2D eigenvalue weighted by Gasteiger charge is -2.24. The Morgan fingerprint density at radius 2 is 1.76 bits per heavy atom. The summed E-state index contributed by atoms with van der Waals surface area (Å²) in [7, 11) is -0.675. The molecule has 1 fully saturated rings. The van der Waals surface area contributed by atoms with E-state index in [1.54, 1.807) is 55.5 Å². The molecule has 0 aliphatic heterocycles. The summed E-state index contributed by atoms with van der Waals surface area (Å²) in [5, 5.41) is 0. The number of methoxy groups -OCH3 is 2. The minimum absolute atomic E-state index is 0.0366. The number of aryl methyl sites for hydroxylation is 1. The van der Waals surface area contributed by atoms with Crippen LogP contribution in [0.3, 0.4) is 0 Å². The fourth-order valence-corrected chi connectivity index (χ4v) is 4.92. The summed E-state index contributed by atoms with van der Waals surface area (Å²) in [6, 6.07) is 18.9. The number of rotatable bonds is 9. The van der Waals surface area contributed by atoms with E-state index in [4.69, 9.17) is 9.47 Å². The van der Waals surface area contributed by atoms with Gasteiger partial charge in [0, 0.05) is 22.9 Å². The summed E-state index contributed by atoms with van der Waals surface area (Å²) in [5.41, 5.74) is 2.56. The first-order chi connectivity index (χ1) is 16.3. The van der Waals surface area contributed by atoms with E-state index in [2.05, 4.69) is 4.72 Å². The minimum atomic E-state index is -3.85. The molecule has 0 unspecified atom stereocenters. The smallest absolute Gasteiger partial charge is 0.261 e. The monoisotopic (exact) mass is 480 g/mol. The summed E-state index contributed by atoms with van der Waals surface area (Å²) in [6.07, 6.45) is 1.82. The predicted octanol–water partition coefficient (Wildman–Crippen LogP) is 4.62. The quantitative estimate of drug-likeness (QED) is 0.483. The Balaban J connectivity index is 1.60. The molecule has 0 radical (unpaired) electrons. The Morgan fingerprint density at radius 1 is 1.00 bits per heavy atom. The van der Waals surface area contributed by atoms with Crippen LogP contribution in [0.1, 0.15) is 34.3 Å². The fourth-order valence-electron chi connectivity index (χ4n) is 3.83. The second-order valence-corrected chi connectivity index (χ2v) is 10.0. The van der Waals surface area contributed by atoms with Gasteiger partial charge < -0.3 is 14.4 Å². The van der Waals surface area contributed by atoms with Crippen LogP contribution in [0.4, 0.5) is 5.69 Å². The van der Waals surface area contributed by atoms with Gasteiger partial charge in [0.05, 0.1) is 25.7 Å². The molecule has 0 atom stereocenters. The molecule has 0 aromatic heterocycles. The Kier molecular flexibility index (Phi) is 6.79. The molecule has 1 N–H and O–H groups in total. The van der Waals surface area contributed by atoms with Gasteiger partial charge in [-0.1, -0.05) is 18.2 Å². The van der Waals surface area contributed by atoms with Crippen LogP contribution >= 0.6 is 0 Å². The van der Waals surface area contributed by atoms with Gasteiger partial charge in [0.2, 0.25) is 0 Å². The van der Waals surface area contributed by atoms with E-state index in [9.17, 15) is 13.2 Å². The fraction of sp³-hybridized carbons (Fsp3) is 0.269. The summed E-state index contributed by atoms with van der Waals surface area (Å²) >= 11 is 0. The Labute approximate surface area is 200 Å². The highest BCUT2D eigenvalue weighted by Gasteiger charge is 2.34. The molecule has 3 aromatic carbocycles. The molecule has 1 aliphatic carbocycles. The summed E-state index contributed by atoms with van der Waals surface area (Å²) in [4.78, 5) is 15.3. The van der Waals surface area contributed by atoms with Crippen LogP contribution in [0.15, 0.2) is 71.6 Å². The van der Waals surface area contributed by atoms with E-state index >= 15 is 0 Å². The molecule has 34 heavy (non-hydrogen) atoms. The Hall–Kier alpha value is -3.52. The number of sulfonamides is 1. The van der Waals surface area contributed by atoms with Crippen molar-refractivity contribution in [3.63, 3.8) is 0 Å². The molecule has 7 nitrogen and oxygen atoms in total. The number of benzene rings is 3. The van der Waals surface area contributed by atoms with E-state index < -0.39 is 10.0 Å². The van der Waals surface area contributed by atoms with E-state index in [1.165, 1.54) is 12.1 Å².